The number of para-hydroxylation sites is 1. The molecule has 0 N–H and O–H groups in total. The minimum atomic E-state index is -0.252. The highest BCUT2D eigenvalue weighted by Gasteiger charge is 2.21. The zero-order chi connectivity index (χ0) is 28.4. The van der Waals surface area contributed by atoms with Crippen molar-refractivity contribution >= 4 is 22.8 Å². The number of ether oxygens (including phenoxy) is 3. The van der Waals surface area contributed by atoms with Gasteiger partial charge in [-0.15, -0.1) is 0 Å². The van der Waals surface area contributed by atoms with E-state index in [0.29, 0.717) is 28.0 Å². The molecular formula is C32H36N4O4. The van der Waals surface area contributed by atoms with Gasteiger partial charge in [-0.05, 0) is 67.1 Å². The smallest absolute Gasteiger partial charge is 0.282 e. The van der Waals surface area contributed by atoms with E-state index in [1.807, 2.05) is 43.3 Å². The second-order valence-corrected chi connectivity index (χ2v) is 10.3. The second kappa shape index (κ2) is 11.4. The Hall–Kier alpha value is -4.33. The Morgan fingerprint density at radius 1 is 0.925 bits per heavy atom. The van der Waals surface area contributed by atoms with Gasteiger partial charge >= 0.3 is 0 Å². The predicted octanol–water partition coefficient (Wildman–Crippen LogP) is 6.00. The summed E-state index contributed by atoms with van der Waals surface area (Å²) in [7, 11) is 4.97. The summed E-state index contributed by atoms with van der Waals surface area (Å²) in [6.45, 7) is 8.17. The number of fused-ring (bicyclic) bond motifs is 1. The third-order valence-electron chi connectivity index (χ3n) is 7.48. The molecule has 0 bridgehead atoms. The van der Waals surface area contributed by atoms with Gasteiger partial charge in [0.05, 0.1) is 44.1 Å². The molecule has 1 fully saturated rings. The molecule has 0 unspecified atom stereocenters. The molecule has 5 rings (SSSR count). The van der Waals surface area contributed by atoms with Gasteiger partial charge in [-0.3, -0.25) is 4.79 Å². The Bertz CT molecular complexity index is 1630. The molecule has 8 nitrogen and oxygen atoms in total. The molecule has 0 spiro atoms. The van der Waals surface area contributed by atoms with Crippen molar-refractivity contribution in [2.45, 2.75) is 39.5 Å². The summed E-state index contributed by atoms with van der Waals surface area (Å²) in [5.74, 6) is 2.87. The van der Waals surface area contributed by atoms with Crippen molar-refractivity contribution in [2.24, 2.45) is 5.10 Å². The van der Waals surface area contributed by atoms with Gasteiger partial charge in [0, 0.05) is 30.3 Å². The van der Waals surface area contributed by atoms with E-state index >= 15 is 0 Å². The zero-order valence-corrected chi connectivity index (χ0v) is 24.0. The molecule has 0 radical (unpaired) electrons. The van der Waals surface area contributed by atoms with E-state index < -0.39 is 0 Å². The van der Waals surface area contributed by atoms with Gasteiger partial charge in [0.2, 0.25) is 0 Å². The molecule has 208 valence electrons. The largest absolute Gasteiger partial charge is 0.496 e. The van der Waals surface area contributed by atoms with Gasteiger partial charge in [-0.25, -0.2) is 4.98 Å². The Morgan fingerprint density at radius 2 is 1.62 bits per heavy atom. The number of benzene rings is 3. The molecule has 0 atom stereocenters. The van der Waals surface area contributed by atoms with Crippen LogP contribution in [0.5, 0.6) is 17.2 Å². The number of aromatic nitrogens is 2. The Labute approximate surface area is 234 Å². The zero-order valence-electron chi connectivity index (χ0n) is 24.0. The topological polar surface area (TPSA) is 78.2 Å². The fraction of sp³-hybridized carbons (Fsp3) is 0.344. The molecule has 4 aromatic rings. The number of rotatable bonds is 8. The summed E-state index contributed by atoms with van der Waals surface area (Å²) in [6, 6.07) is 15.3. The van der Waals surface area contributed by atoms with Crippen LogP contribution >= 0.6 is 0 Å². The number of nitrogens with zero attached hydrogens (tertiary/aromatic N) is 4. The highest BCUT2D eigenvalue weighted by molar-refractivity contribution is 5.87. The van der Waals surface area contributed by atoms with E-state index in [9.17, 15) is 4.79 Å². The van der Waals surface area contributed by atoms with Crippen molar-refractivity contribution in [2.75, 3.05) is 39.3 Å². The fourth-order valence-corrected chi connectivity index (χ4v) is 5.30. The van der Waals surface area contributed by atoms with Crippen molar-refractivity contribution in [3.8, 4) is 28.6 Å². The first-order valence-corrected chi connectivity index (χ1v) is 13.6. The van der Waals surface area contributed by atoms with Crippen LogP contribution in [-0.4, -0.2) is 50.3 Å². The quantitative estimate of drug-likeness (QED) is 0.255. The SMILES string of the molecule is COc1cc(N2CCCC2)c(OC)cc1C=Nn1c(-c2cc(C(C)C)c(OC)cc2C)nc2ccccc2c1=O. The first kappa shape index (κ1) is 27.2. The van der Waals surface area contributed by atoms with Crippen LogP contribution in [-0.2, 0) is 0 Å². The monoisotopic (exact) mass is 540 g/mol. The summed E-state index contributed by atoms with van der Waals surface area (Å²) in [4.78, 5) is 21.1. The number of hydrogen-bond acceptors (Lipinski definition) is 7. The molecule has 2 heterocycles. The predicted molar refractivity (Wildman–Crippen MR) is 161 cm³/mol. The molecule has 40 heavy (non-hydrogen) atoms. The van der Waals surface area contributed by atoms with Crippen LogP contribution in [0, 0.1) is 6.92 Å². The van der Waals surface area contributed by atoms with Crippen LogP contribution in [0.15, 0.2) is 58.4 Å². The first-order chi connectivity index (χ1) is 19.4. The molecule has 0 aliphatic carbocycles. The lowest BCUT2D eigenvalue weighted by Crippen LogP contribution is -2.21. The van der Waals surface area contributed by atoms with Crippen LogP contribution in [0.3, 0.4) is 0 Å². The molecule has 0 saturated carbocycles. The average molecular weight is 541 g/mol. The van der Waals surface area contributed by atoms with Gasteiger partial charge in [-0.1, -0.05) is 26.0 Å². The maximum atomic E-state index is 13.8. The van der Waals surface area contributed by atoms with Gasteiger partial charge in [0.15, 0.2) is 5.82 Å². The first-order valence-electron chi connectivity index (χ1n) is 13.6. The molecule has 1 aliphatic heterocycles. The van der Waals surface area contributed by atoms with Crippen molar-refractivity contribution in [1.82, 2.24) is 9.66 Å². The van der Waals surface area contributed by atoms with E-state index in [1.165, 1.54) is 4.68 Å². The highest BCUT2D eigenvalue weighted by Crippen LogP contribution is 2.37. The van der Waals surface area contributed by atoms with Gasteiger partial charge in [0.1, 0.15) is 17.2 Å². The average Bonchev–Trinajstić information content (AvgIpc) is 3.51. The molecule has 3 aromatic carbocycles. The molecular weight excluding hydrogens is 504 g/mol. The van der Waals surface area contributed by atoms with E-state index in [2.05, 4.69) is 24.8 Å². The van der Waals surface area contributed by atoms with Crippen molar-refractivity contribution < 1.29 is 14.2 Å². The van der Waals surface area contributed by atoms with Crippen molar-refractivity contribution in [3.63, 3.8) is 0 Å². The molecule has 0 amide bonds. The van der Waals surface area contributed by atoms with E-state index in [-0.39, 0.29) is 11.5 Å². The number of aryl methyl sites for hydroxylation is 1. The van der Waals surface area contributed by atoms with Crippen LogP contribution in [0.4, 0.5) is 5.69 Å². The Kier molecular flexibility index (Phi) is 7.78. The number of hydrogen-bond donors (Lipinski definition) is 0. The lowest BCUT2D eigenvalue weighted by atomic mass is 9.96. The summed E-state index contributed by atoms with van der Waals surface area (Å²) in [5.41, 5.74) is 4.84. The fourth-order valence-electron chi connectivity index (χ4n) is 5.30. The van der Waals surface area contributed by atoms with Crippen molar-refractivity contribution in [3.05, 3.63) is 75.6 Å². The van der Waals surface area contributed by atoms with Crippen LogP contribution < -0.4 is 24.7 Å². The number of methoxy groups -OCH3 is 3. The lowest BCUT2D eigenvalue weighted by Gasteiger charge is -2.22. The second-order valence-electron chi connectivity index (χ2n) is 10.3. The van der Waals surface area contributed by atoms with Gasteiger partial charge < -0.3 is 19.1 Å². The van der Waals surface area contributed by atoms with Crippen LogP contribution in [0.2, 0.25) is 0 Å². The third-order valence-corrected chi connectivity index (χ3v) is 7.48. The van der Waals surface area contributed by atoms with Gasteiger partial charge in [0.25, 0.3) is 5.56 Å². The van der Waals surface area contributed by atoms with E-state index in [1.54, 1.807) is 33.6 Å². The number of anilines is 1. The standard InChI is InChI=1S/C32H36N4O4/c1-20(2)24-17-25(21(3)15-29(24)39-5)31-34-26-12-8-7-11-23(26)32(37)36(31)33-19-22-16-30(40-6)27(18-28(22)38-4)35-13-9-10-14-35/h7-8,11-12,15-20H,9-10,13-14H2,1-6H3. The summed E-state index contributed by atoms with van der Waals surface area (Å²) in [6.07, 6.45) is 3.94. The normalized spacial score (nSPS) is 13.5. The summed E-state index contributed by atoms with van der Waals surface area (Å²) < 4.78 is 18.5. The van der Waals surface area contributed by atoms with Crippen molar-refractivity contribution in [1.29, 1.82) is 0 Å². The van der Waals surface area contributed by atoms with Gasteiger partial charge in [-0.2, -0.15) is 9.78 Å². The summed E-state index contributed by atoms with van der Waals surface area (Å²) in [5, 5.41) is 5.20. The van der Waals surface area contributed by atoms with E-state index in [0.717, 1.165) is 59.8 Å². The molecule has 1 saturated heterocycles. The minimum Gasteiger partial charge on any atom is -0.496 e. The van der Waals surface area contributed by atoms with E-state index in [4.69, 9.17) is 24.3 Å². The molecule has 1 aromatic heterocycles. The van der Waals surface area contributed by atoms with Crippen LogP contribution in [0.1, 0.15) is 49.3 Å². The molecule has 8 heteroatoms. The summed E-state index contributed by atoms with van der Waals surface area (Å²) >= 11 is 0. The van der Waals surface area contributed by atoms with Crippen LogP contribution in [0.25, 0.3) is 22.3 Å². The Balaban J connectivity index is 1.70. The maximum absolute atomic E-state index is 13.8. The lowest BCUT2D eigenvalue weighted by molar-refractivity contribution is 0.402. The molecule has 1 aliphatic rings. The highest BCUT2D eigenvalue weighted by atomic mass is 16.5. The Morgan fingerprint density at radius 3 is 2.30 bits per heavy atom. The minimum absolute atomic E-state index is 0.212. The third kappa shape index (κ3) is 5.01. The maximum Gasteiger partial charge on any atom is 0.282 e.